The van der Waals surface area contributed by atoms with Crippen molar-refractivity contribution in [3.05, 3.63) is 24.0 Å². The topological polar surface area (TPSA) is 58.3 Å². The van der Waals surface area contributed by atoms with Crippen LogP contribution in [0, 0.1) is 11.7 Å². The summed E-state index contributed by atoms with van der Waals surface area (Å²) < 4.78 is 12.8. The molecule has 0 bridgehead atoms. The van der Waals surface area contributed by atoms with Gasteiger partial charge in [0.2, 0.25) is 0 Å². The fourth-order valence-corrected chi connectivity index (χ4v) is 1.58. The van der Waals surface area contributed by atoms with Gasteiger partial charge in [0.05, 0.1) is 11.4 Å². The third kappa shape index (κ3) is 3.70. The Morgan fingerprint density at radius 2 is 2.25 bits per heavy atom. The number of nitrogens with one attached hydrogen (secondary N) is 1. The molecule has 0 radical (unpaired) electrons. The number of nitrogens with two attached hydrogens (primary N) is 1. The van der Waals surface area contributed by atoms with E-state index in [1.165, 1.54) is 12.1 Å². The SMILES string of the molecule is CCC(CCO)CNc1ccc(F)cc1N. The number of benzene rings is 1. The van der Waals surface area contributed by atoms with Crippen LogP contribution < -0.4 is 11.1 Å². The van der Waals surface area contributed by atoms with E-state index in [4.69, 9.17) is 10.8 Å². The molecule has 16 heavy (non-hydrogen) atoms. The first-order chi connectivity index (χ1) is 7.67. The number of nitrogen functional groups attached to an aromatic ring is 1. The summed E-state index contributed by atoms with van der Waals surface area (Å²) in [4.78, 5) is 0. The van der Waals surface area contributed by atoms with Gasteiger partial charge in [0.15, 0.2) is 0 Å². The average Bonchev–Trinajstić information content (AvgIpc) is 2.26. The smallest absolute Gasteiger partial charge is 0.125 e. The molecule has 4 N–H and O–H groups in total. The predicted octanol–water partition coefficient (Wildman–Crippen LogP) is 2.23. The zero-order chi connectivity index (χ0) is 12.0. The van der Waals surface area contributed by atoms with E-state index in [0.717, 1.165) is 25.1 Å². The first-order valence-electron chi connectivity index (χ1n) is 5.57. The van der Waals surface area contributed by atoms with E-state index in [-0.39, 0.29) is 12.4 Å². The standard InChI is InChI=1S/C12H19FN2O/c1-2-9(5-6-16)8-15-12-4-3-10(13)7-11(12)14/h3-4,7,9,15-16H,2,5-6,8,14H2,1H3. The Kier molecular flexibility index (Phi) is 5.05. The minimum absolute atomic E-state index is 0.194. The highest BCUT2D eigenvalue weighted by atomic mass is 19.1. The number of hydrogen-bond acceptors (Lipinski definition) is 3. The first kappa shape index (κ1) is 12.8. The lowest BCUT2D eigenvalue weighted by molar-refractivity contribution is 0.258. The summed E-state index contributed by atoms with van der Waals surface area (Å²) >= 11 is 0. The Balaban J connectivity index is 2.53. The van der Waals surface area contributed by atoms with Crippen molar-refractivity contribution in [1.29, 1.82) is 0 Å². The molecule has 0 spiro atoms. The van der Waals surface area contributed by atoms with Gasteiger partial charge in [-0.15, -0.1) is 0 Å². The molecule has 0 aliphatic rings. The quantitative estimate of drug-likeness (QED) is 0.652. The second-order valence-electron chi connectivity index (χ2n) is 3.90. The van der Waals surface area contributed by atoms with E-state index in [1.54, 1.807) is 6.07 Å². The van der Waals surface area contributed by atoms with Gasteiger partial charge >= 0.3 is 0 Å². The molecule has 1 aromatic carbocycles. The van der Waals surface area contributed by atoms with Crippen LogP contribution in [0.25, 0.3) is 0 Å². The molecule has 1 unspecified atom stereocenters. The molecule has 0 aromatic heterocycles. The average molecular weight is 226 g/mol. The second kappa shape index (κ2) is 6.33. The van der Waals surface area contributed by atoms with Crippen LogP contribution in [0.1, 0.15) is 19.8 Å². The van der Waals surface area contributed by atoms with Gasteiger partial charge in [-0.1, -0.05) is 13.3 Å². The van der Waals surface area contributed by atoms with E-state index in [9.17, 15) is 4.39 Å². The van der Waals surface area contributed by atoms with Gasteiger partial charge < -0.3 is 16.2 Å². The van der Waals surface area contributed by atoms with E-state index < -0.39 is 0 Å². The Labute approximate surface area is 95.5 Å². The lowest BCUT2D eigenvalue weighted by Crippen LogP contribution is -2.15. The summed E-state index contributed by atoms with van der Waals surface area (Å²) in [5, 5.41) is 12.0. The van der Waals surface area contributed by atoms with Gasteiger partial charge in [-0.05, 0) is 30.5 Å². The largest absolute Gasteiger partial charge is 0.397 e. The second-order valence-corrected chi connectivity index (χ2v) is 3.90. The van der Waals surface area contributed by atoms with Gasteiger partial charge in [-0.2, -0.15) is 0 Å². The minimum atomic E-state index is -0.328. The Bertz CT molecular complexity index is 331. The molecule has 0 aliphatic carbocycles. The third-order valence-electron chi connectivity index (χ3n) is 2.71. The fraction of sp³-hybridized carbons (Fsp3) is 0.500. The summed E-state index contributed by atoms with van der Waals surface area (Å²) in [6.45, 7) is 3.02. The van der Waals surface area contributed by atoms with E-state index >= 15 is 0 Å². The van der Waals surface area contributed by atoms with Crippen molar-refractivity contribution in [2.75, 3.05) is 24.2 Å². The van der Waals surface area contributed by atoms with Crippen molar-refractivity contribution in [2.24, 2.45) is 5.92 Å². The van der Waals surface area contributed by atoms with Crippen molar-refractivity contribution in [3.8, 4) is 0 Å². The lowest BCUT2D eigenvalue weighted by Gasteiger charge is -2.16. The zero-order valence-corrected chi connectivity index (χ0v) is 9.54. The molecule has 0 heterocycles. The number of anilines is 2. The van der Waals surface area contributed by atoms with Crippen molar-refractivity contribution in [2.45, 2.75) is 19.8 Å². The van der Waals surface area contributed by atoms with Gasteiger partial charge in [-0.25, -0.2) is 4.39 Å². The Morgan fingerprint density at radius 3 is 2.81 bits per heavy atom. The summed E-state index contributed by atoms with van der Waals surface area (Å²) in [7, 11) is 0. The lowest BCUT2D eigenvalue weighted by atomic mass is 10.0. The van der Waals surface area contributed by atoms with Gasteiger partial charge in [0.25, 0.3) is 0 Å². The number of aliphatic hydroxyl groups is 1. The summed E-state index contributed by atoms with van der Waals surface area (Å²) in [6.07, 6.45) is 1.76. The molecule has 1 aromatic rings. The fourth-order valence-electron chi connectivity index (χ4n) is 1.58. The van der Waals surface area contributed by atoms with Gasteiger partial charge in [0, 0.05) is 13.2 Å². The molecular formula is C12H19FN2O. The van der Waals surface area contributed by atoms with Crippen LogP contribution in [-0.2, 0) is 0 Å². The maximum atomic E-state index is 12.8. The van der Waals surface area contributed by atoms with Gasteiger partial charge in [0.1, 0.15) is 5.82 Å². The summed E-state index contributed by atoms with van der Waals surface area (Å²) in [6, 6.07) is 4.32. The monoisotopic (exact) mass is 226 g/mol. The van der Waals surface area contributed by atoms with Crippen LogP contribution in [0.2, 0.25) is 0 Å². The van der Waals surface area contributed by atoms with Crippen LogP contribution in [-0.4, -0.2) is 18.3 Å². The van der Waals surface area contributed by atoms with Crippen LogP contribution in [0.15, 0.2) is 18.2 Å². The molecule has 0 amide bonds. The molecule has 0 fully saturated rings. The predicted molar refractivity (Wildman–Crippen MR) is 64.8 cm³/mol. The molecule has 90 valence electrons. The molecule has 0 saturated heterocycles. The minimum Gasteiger partial charge on any atom is -0.397 e. The number of hydrogen-bond donors (Lipinski definition) is 3. The Hall–Kier alpha value is -1.29. The summed E-state index contributed by atoms with van der Waals surface area (Å²) in [5.41, 5.74) is 6.83. The van der Waals surface area contributed by atoms with Crippen molar-refractivity contribution in [3.63, 3.8) is 0 Å². The molecule has 3 nitrogen and oxygen atoms in total. The molecule has 1 atom stereocenters. The molecular weight excluding hydrogens is 207 g/mol. The number of rotatable bonds is 6. The van der Waals surface area contributed by atoms with Crippen molar-refractivity contribution < 1.29 is 9.50 Å². The third-order valence-corrected chi connectivity index (χ3v) is 2.71. The number of halogens is 1. The van der Waals surface area contributed by atoms with Gasteiger partial charge in [-0.3, -0.25) is 0 Å². The highest BCUT2D eigenvalue weighted by Crippen LogP contribution is 2.20. The van der Waals surface area contributed by atoms with Crippen molar-refractivity contribution >= 4 is 11.4 Å². The maximum Gasteiger partial charge on any atom is 0.125 e. The number of aliphatic hydroxyl groups excluding tert-OH is 1. The van der Waals surface area contributed by atoms with Crippen LogP contribution in [0.5, 0.6) is 0 Å². The van der Waals surface area contributed by atoms with E-state index in [0.29, 0.717) is 11.6 Å². The Morgan fingerprint density at radius 1 is 1.50 bits per heavy atom. The maximum absolute atomic E-state index is 12.8. The normalized spacial score (nSPS) is 12.4. The molecule has 1 rings (SSSR count). The molecule has 0 aliphatic heterocycles. The molecule has 0 saturated carbocycles. The van der Waals surface area contributed by atoms with Crippen LogP contribution >= 0.6 is 0 Å². The van der Waals surface area contributed by atoms with Crippen molar-refractivity contribution in [1.82, 2.24) is 0 Å². The zero-order valence-electron chi connectivity index (χ0n) is 9.54. The highest BCUT2D eigenvalue weighted by Gasteiger charge is 2.06. The molecule has 4 heteroatoms. The first-order valence-corrected chi connectivity index (χ1v) is 5.57. The van der Waals surface area contributed by atoms with E-state index in [1.807, 2.05) is 0 Å². The van der Waals surface area contributed by atoms with E-state index in [2.05, 4.69) is 12.2 Å². The highest BCUT2D eigenvalue weighted by molar-refractivity contribution is 5.65. The van der Waals surface area contributed by atoms with Crippen LogP contribution in [0.3, 0.4) is 0 Å². The van der Waals surface area contributed by atoms with Crippen LogP contribution in [0.4, 0.5) is 15.8 Å². The summed E-state index contributed by atoms with van der Waals surface area (Å²) in [5.74, 6) is 0.0832.